The van der Waals surface area contributed by atoms with Gasteiger partial charge in [0.05, 0.1) is 28.1 Å². The maximum atomic E-state index is 6.07. The van der Waals surface area contributed by atoms with Gasteiger partial charge < -0.3 is 0 Å². The summed E-state index contributed by atoms with van der Waals surface area (Å²) in [5.74, 6) is 0. The van der Waals surface area contributed by atoms with Gasteiger partial charge in [0.1, 0.15) is 0 Å². The number of fused-ring (bicyclic) bond motifs is 1. The maximum Gasteiger partial charge on any atom is 0.0946 e. The second kappa shape index (κ2) is 5.12. The minimum absolute atomic E-state index is 0.557. The van der Waals surface area contributed by atoms with Gasteiger partial charge in [0, 0.05) is 5.39 Å². The van der Waals surface area contributed by atoms with E-state index in [1.165, 1.54) is 6.20 Å². The molecule has 3 rings (SSSR count). The zero-order chi connectivity index (χ0) is 13.1. The van der Waals surface area contributed by atoms with Crippen molar-refractivity contribution in [3.8, 4) is 0 Å². The van der Waals surface area contributed by atoms with Crippen molar-refractivity contribution in [1.29, 1.82) is 0 Å². The predicted molar refractivity (Wildman–Crippen MR) is 75.2 cm³/mol. The fourth-order valence-electron chi connectivity index (χ4n) is 1.69. The molecule has 1 heterocycles. The van der Waals surface area contributed by atoms with Crippen molar-refractivity contribution in [3.05, 3.63) is 59.8 Å². The zero-order valence-corrected chi connectivity index (χ0v) is 10.6. The van der Waals surface area contributed by atoms with Crippen LogP contribution in [0.4, 0.5) is 11.4 Å². The first-order chi connectivity index (χ1) is 9.33. The first-order valence-corrected chi connectivity index (χ1v) is 6.08. The van der Waals surface area contributed by atoms with Crippen LogP contribution in [0.25, 0.3) is 10.9 Å². The fraction of sp³-hybridized carbons (Fsp3) is 0. The number of hydrogen-bond donors (Lipinski definition) is 0. The van der Waals surface area contributed by atoms with Crippen LogP contribution in [0.5, 0.6) is 0 Å². The van der Waals surface area contributed by atoms with E-state index in [2.05, 4.69) is 20.4 Å². The van der Waals surface area contributed by atoms with E-state index in [-0.39, 0.29) is 0 Å². The predicted octanol–water partition coefficient (Wildman–Crippen LogP) is 4.70. The van der Waals surface area contributed by atoms with E-state index in [4.69, 9.17) is 11.6 Å². The number of aromatic nitrogens is 2. The van der Waals surface area contributed by atoms with Gasteiger partial charge in [0.25, 0.3) is 0 Å². The number of hydrogen-bond acceptors (Lipinski definition) is 4. The Kier molecular flexibility index (Phi) is 3.16. The normalized spacial score (nSPS) is 11.2. The average molecular weight is 269 g/mol. The van der Waals surface area contributed by atoms with Crippen LogP contribution in [-0.4, -0.2) is 10.2 Å². The Labute approximate surface area is 114 Å². The summed E-state index contributed by atoms with van der Waals surface area (Å²) in [5, 5.41) is 17.5. The van der Waals surface area contributed by atoms with Crippen LogP contribution in [0.3, 0.4) is 0 Å². The van der Waals surface area contributed by atoms with Gasteiger partial charge in [-0.15, -0.1) is 0 Å². The van der Waals surface area contributed by atoms with Gasteiger partial charge in [0.2, 0.25) is 0 Å². The second-order valence-electron chi connectivity index (χ2n) is 3.93. The smallest absolute Gasteiger partial charge is 0.0946 e. The lowest BCUT2D eigenvalue weighted by Crippen LogP contribution is -1.83. The van der Waals surface area contributed by atoms with E-state index < -0.39 is 0 Å². The third-order valence-corrected chi connectivity index (χ3v) is 2.91. The molecule has 19 heavy (non-hydrogen) atoms. The van der Waals surface area contributed by atoms with Crippen molar-refractivity contribution >= 4 is 33.9 Å². The first kappa shape index (κ1) is 11.7. The fourth-order valence-corrected chi connectivity index (χ4v) is 1.88. The average Bonchev–Trinajstić information content (AvgIpc) is 2.47. The summed E-state index contributed by atoms with van der Waals surface area (Å²) < 4.78 is 0. The molecule has 0 fully saturated rings. The number of halogens is 1. The van der Waals surface area contributed by atoms with Crippen LogP contribution in [0.2, 0.25) is 5.02 Å². The van der Waals surface area contributed by atoms with E-state index in [9.17, 15) is 0 Å². The molecule has 3 aromatic rings. The SMILES string of the molecule is Clc1cnnc2ccc(N=Nc3ccccc3)cc12. The van der Waals surface area contributed by atoms with Gasteiger partial charge in [-0.1, -0.05) is 29.8 Å². The van der Waals surface area contributed by atoms with E-state index in [1.807, 2.05) is 48.5 Å². The van der Waals surface area contributed by atoms with Gasteiger partial charge in [-0.05, 0) is 30.3 Å². The van der Waals surface area contributed by atoms with Crippen LogP contribution in [0.15, 0.2) is 65.0 Å². The molecule has 0 aliphatic carbocycles. The molecule has 4 nitrogen and oxygen atoms in total. The van der Waals surface area contributed by atoms with Gasteiger partial charge >= 0.3 is 0 Å². The zero-order valence-electron chi connectivity index (χ0n) is 9.86. The van der Waals surface area contributed by atoms with Crippen LogP contribution < -0.4 is 0 Å². The van der Waals surface area contributed by atoms with E-state index in [0.29, 0.717) is 5.02 Å². The molecule has 0 saturated heterocycles. The van der Waals surface area contributed by atoms with Crippen molar-refractivity contribution in [2.24, 2.45) is 10.2 Å². The summed E-state index contributed by atoms with van der Waals surface area (Å²) in [5.41, 5.74) is 2.28. The lowest BCUT2D eigenvalue weighted by molar-refractivity contribution is 1.08. The minimum atomic E-state index is 0.557. The Hall–Kier alpha value is -2.33. The lowest BCUT2D eigenvalue weighted by Gasteiger charge is -1.99. The third kappa shape index (κ3) is 2.58. The highest BCUT2D eigenvalue weighted by molar-refractivity contribution is 6.35. The first-order valence-electron chi connectivity index (χ1n) is 5.71. The number of rotatable bonds is 2. The molecule has 2 aromatic carbocycles. The molecule has 0 saturated carbocycles. The largest absolute Gasteiger partial charge is 0.157 e. The molecule has 92 valence electrons. The van der Waals surface area contributed by atoms with Crippen molar-refractivity contribution < 1.29 is 0 Å². The lowest BCUT2D eigenvalue weighted by atomic mass is 10.2. The van der Waals surface area contributed by atoms with Crippen molar-refractivity contribution in [1.82, 2.24) is 10.2 Å². The molecular formula is C14H9ClN4. The standard InChI is InChI=1S/C14H9ClN4/c15-13-9-16-19-14-7-6-11(8-12(13)14)18-17-10-4-2-1-3-5-10/h1-9H. The Morgan fingerprint density at radius 3 is 2.53 bits per heavy atom. The Balaban J connectivity index is 1.98. The quantitative estimate of drug-likeness (QED) is 0.633. The summed E-state index contributed by atoms with van der Waals surface area (Å²) in [6, 6.07) is 15.1. The molecule has 0 aliphatic rings. The molecule has 5 heteroatoms. The Morgan fingerprint density at radius 1 is 0.895 bits per heavy atom. The summed E-state index contributed by atoms with van der Waals surface area (Å²) in [6.07, 6.45) is 1.52. The Bertz CT molecular complexity index is 741. The summed E-state index contributed by atoms with van der Waals surface area (Å²) >= 11 is 6.07. The van der Waals surface area contributed by atoms with Crippen molar-refractivity contribution in [3.63, 3.8) is 0 Å². The summed E-state index contributed by atoms with van der Waals surface area (Å²) in [7, 11) is 0. The molecule has 0 bridgehead atoms. The highest BCUT2D eigenvalue weighted by Crippen LogP contribution is 2.26. The van der Waals surface area contributed by atoms with E-state index >= 15 is 0 Å². The summed E-state index contributed by atoms with van der Waals surface area (Å²) in [4.78, 5) is 0. The van der Waals surface area contributed by atoms with Crippen LogP contribution in [0.1, 0.15) is 0 Å². The van der Waals surface area contributed by atoms with Gasteiger partial charge in [-0.3, -0.25) is 0 Å². The number of benzene rings is 2. The highest BCUT2D eigenvalue weighted by atomic mass is 35.5. The van der Waals surface area contributed by atoms with Gasteiger partial charge in [0.15, 0.2) is 0 Å². The molecule has 0 atom stereocenters. The van der Waals surface area contributed by atoms with Crippen molar-refractivity contribution in [2.45, 2.75) is 0 Å². The van der Waals surface area contributed by atoms with Crippen LogP contribution >= 0.6 is 11.6 Å². The summed E-state index contributed by atoms with van der Waals surface area (Å²) in [6.45, 7) is 0. The van der Waals surface area contributed by atoms with Gasteiger partial charge in [-0.25, -0.2) is 0 Å². The number of azo groups is 1. The van der Waals surface area contributed by atoms with Crippen LogP contribution in [0, 0.1) is 0 Å². The monoisotopic (exact) mass is 268 g/mol. The van der Waals surface area contributed by atoms with Crippen LogP contribution in [-0.2, 0) is 0 Å². The third-order valence-electron chi connectivity index (χ3n) is 2.61. The Morgan fingerprint density at radius 2 is 1.68 bits per heavy atom. The molecule has 0 radical (unpaired) electrons. The molecule has 0 N–H and O–H groups in total. The maximum absolute atomic E-state index is 6.07. The number of nitrogens with zero attached hydrogens (tertiary/aromatic N) is 4. The molecule has 1 aromatic heterocycles. The van der Waals surface area contributed by atoms with E-state index in [0.717, 1.165) is 22.3 Å². The second-order valence-corrected chi connectivity index (χ2v) is 4.34. The highest BCUT2D eigenvalue weighted by Gasteiger charge is 2.01. The molecule has 0 aliphatic heterocycles. The molecular weight excluding hydrogens is 260 g/mol. The van der Waals surface area contributed by atoms with Crippen molar-refractivity contribution in [2.75, 3.05) is 0 Å². The topological polar surface area (TPSA) is 50.5 Å². The minimum Gasteiger partial charge on any atom is -0.157 e. The van der Waals surface area contributed by atoms with Gasteiger partial charge in [-0.2, -0.15) is 20.4 Å². The molecule has 0 amide bonds. The molecule has 0 spiro atoms. The van der Waals surface area contributed by atoms with E-state index in [1.54, 1.807) is 0 Å². The molecule has 0 unspecified atom stereocenters.